The molecule has 0 aromatic rings. The second-order valence-electron chi connectivity index (χ2n) is 5.50. The Bertz CT molecular complexity index is 333. The van der Waals surface area contributed by atoms with Gasteiger partial charge in [-0.15, -0.1) is 0 Å². The molecule has 0 radical (unpaired) electrons. The first-order valence-electron chi connectivity index (χ1n) is 7.34. The molecule has 1 saturated heterocycles. The van der Waals surface area contributed by atoms with Crippen LogP contribution in [-0.4, -0.2) is 53.8 Å². The minimum Gasteiger partial charge on any atom is -0.480 e. The summed E-state index contributed by atoms with van der Waals surface area (Å²) in [6.45, 7) is 7.26. The van der Waals surface area contributed by atoms with Crippen molar-refractivity contribution >= 4 is 12.0 Å². The van der Waals surface area contributed by atoms with E-state index in [1.165, 1.54) is 4.90 Å². The first-order valence-corrected chi connectivity index (χ1v) is 7.34. The third-order valence-electron chi connectivity index (χ3n) is 3.66. The Morgan fingerprint density at radius 2 is 2.15 bits per heavy atom. The van der Waals surface area contributed by atoms with Gasteiger partial charge in [0.2, 0.25) is 0 Å². The van der Waals surface area contributed by atoms with E-state index in [0.717, 1.165) is 12.8 Å². The van der Waals surface area contributed by atoms with Gasteiger partial charge in [-0.2, -0.15) is 0 Å². The van der Waals surface area contributed by atoms with Gasteiger partial charge >= 0.3 is 12.0 Å². The number of carboxylic acid groups (broad SMARTS) is 1. The Morgan fingerprint density at radius 1 is 1.45 bits per heavy atom. The number of carboxylic acids is 1. The quantitative estimate of drug-likeness (QED) is 0.728. The van der Waals surface area contributed by atoms with Crippen LogP contribution in [0, 0.1) is 5.92 Å². The number of rotatable bonds is 6. The Hall–Kier alpha value is -1.30. The summed E-state index contributed by atoms with van der Waals surface area (Å²) in [6, 6.07) is -1.01. The highest BCUT2D eigenvalue weighted by atomic mass is 16.5. The van der Waals surface area contributed by atoms with Crippen LogP contribution in [0.3, 0.4) is 0 Å². The molecule has 1 heterocycles. The van der Waals surface area contributed by atoms with E-state index in [9.17, 15) is 14.7 Å². The standard InChI is InChI=1S/C14H26N2O4/c1-4-11-5-7-16(12(9-11)13(17)18)14(19)15-6-8-20-10(2)3/h10-12H,4-9H2,1-3H3,(H,15,19)(H,17,18). The molecule has 0 saturated carbocycles. The number of hydrogen-bond acceptors (Lipinski definition) is 3. The molecule has 0 bridgehead atoms. The number of hydrogen-bond donors (Lipinski definition) is 2. The van der Waals surface area contributed by atoms with Crippen molar-refractivity contribution in [3.63, 3.8) is 0 Å². The fourth-order valence-electron chi connectivity index (χ4n) is 2.44. The highest BCUT2D eigenvalue weighted by Crippen LogP contribution is 2.25. The van der Waals surface area contributed by atoms with Gasteiger partial charge in [0.25, 0.3) is 0 Å². The summed E-state index contributed by atoms with van der Waals surface area (Å²) in [4.78, 5) is 24.8. The van der Waals surface area contributed by atoms with E-state index in [1.54, 1.807) is 0 Å². The summed E-state index contributed by atoms with van der Waals surface area (Å²) in [5.74, 6) is -0.527. The average molecular weight is 286 g/mol. The maximum Gasteiger partial charge on any atom is 0.326 e. The van der Waals surface area contributed by atoms with Gasteiger partial charge in [0.1, 0.15) is 6.04 Å². The van der Waals surface area contributed by atoms with Crippen molar-refractivity contribution in [2.24, 2.45) is 5.92 Å². The van der Waals surface area contributed by atoms with Gasteiger partial charge in [-0.1, -0.05) is 13.3 Å². The largest absolute Gasteiger partial charge is 0.480 e. The van der Waals surface area contributed by atoms with E-state index in [-0.39, 0.29) is 12.1 Å². The molecular formula is C14H26N2O4. The number of nitrogens with zero attached hydrogens (tertiary/aromatic N) is 1. The summed E-state index contributed by atoms with van der Waals surface area (Å²) in [7, 11) is 0. The molecule has 2 N–H and O–H groups in total. The lowest BCUT2D eigenvalue weighted by Gasteiger charge is -2.36. The molecular weight excluding hydrogens is 260 g/mol. The predicted molar refractivity (Wildman–Crippen MR) is 75.6 cm³/mol. The molecule has 1 fully saturated rings. The van der Waals surface area contributed by atoms with E-state index in [2.05, 4.69) is 12.2 Å². The Kier molecular flexibility index (Phi) is 6.78. The molecule has 20 heavy (non-hydrogen) atoms. The molecule has 116 valence electrons. The number of carbonyl (C=O) groups is 2. The number of amides is 2. The molecule has 2 unspecified atom stereocenters. The van der Waals surface area contributed by atoms with Gasteiger partial charge in [-0.25, -0.2) is 9.59 Å². The summed E-state index contributed by atoms with van der Waals surface area (Å²) >= 11 is 0. The van der Waals surface area contributed by atoms with Crippen molar-refractivity contribution in [1.29, 1.82) is 0 Å². The van der Waals surface area contributed by atoms with Crippen molar-refractivity contribution in [1.82, 2.24) is 10.2 Å². The molecule has 1 rings (SSSR count). The van der Waals surface area contributed by atoms with Crippen LogP contribution < -0.4 is 5.32 Å². The lowest BCUT2D eigenvalue weighted by atomic mass is 9.89. The van der Waals surface area contributed by atoms with Crippen LogP contribution in [0.15, 0.2) is 0 Å². The van der Waals surface area contributed by atoms with Crippen LogP contribution >= 0.6 is 0 Å². The van der Waals surface area contributed by atoms with Crippen LogP contribution in [0.1, 0.15) is 40.0 Å². The molecule has 0 aliphatic carbocycles. The highest BCUT2D eigenvalue weighted by molar-refractivity contribution is 5.82. The number of piperidine rings is 1. The summed E-state index contributed by atoms with van der Waals surface area (Å²) in [5.41, 5.74) is 0. The monoisotopic (exact) mass is 286 g/mol. The Balaban J connectivity index is 2.46. The van der Waals surface area contributed by atoms with Crippen LogP contribution in [-0.2, 0) is 9.53 Å². The van der Waals surface area contributed by atoms with E-state index < -0.39 is 12.0 Å². The first kappa shape index (κ1) is 16.8. The van der Waals surface area contributed by atoms with Crippen molar-refractivity contribution < 1.29 is 19.4 Å². The summed E-state index contributed by atoms with van der Waals surface area (Å²) < 4.78 is 5.34. The SMILES string of the molecule is CCC1CCN(C(=O)NCCOC(C)C)C(C(=O)O)C1. The van der Waals surface area contributed by atoms with Gasteiger partial charge < -0.3 is 20.1 Å². The minimum atomic E-state index is -0.920. The van der Waals surface area contributed by atoms with Crippen molar-refractivity contribution in [2.45, 2.75) is 52.2 Å². The third-order valence-corrected chi connectivity index (χ3v) is 3.66. The van der Waals surface area contributed by atoms with Gasteiger partial charge in [0.05, 0.1) is 12.7 Å². The zero-order chi connectivity index (χ0) is 15.1. The molecule has 6 heteroatoms. The maximum absolute atomic E-state index is 12.0. The number of carbonyl (C=O) groups excluding carboxylic acids is 1. The lowest BCUT2D eigenvalue weighted by molar-refractivity contribution is -0.144. The maximum atomic E-state index is 12.0. The van der Waals surface area contributed by atoms with E-state index in [1.807, 2.05) is 13.8 Å². The van der Waals surface area contributed by atoms with Gasteiger partial charge in [0, 0.05) is 13.1 Å². The topological polar surface area (TPSA) is 78.9 Å². The normalized spacial score (nSPS) is 22.9. The molecule has 2 amide bonds. The van der Waals surface area contributed by atoms with Gasteiger partial charge in [-0.3, -0.25) is 0 Å². The molecule has 0 aromatic heterocycles. The number of likely N-dealkylation sites (tertiary alicyclic amines) is 1. The van der Waals surface area contributed by atoms with Crippen molar-refractivity contribution in [3.05, 3.63) is 0 Å². The van der Waals surface area contributed by atoms with Crippen LogP contribution in [0.2, 0.25) is 0 Å². The van der Waals surface area contributed by atoms with Crippen molar-refractivity contribution in [2.75, 3.05) is 19.7 Å². The zero-order valence-corrected chi connectivity index (χ0v) is 12.6. The number of nitrogens with one attached hydrogen (secondary N) is 1. The second kappa shape index (κ2) is 8.09. The molecule has 2 atom stereocenters. The fraction of sp³-hybridized carbons (Fsp3) is 0.857. The third kappa shape index (κ3) is 5.00. The number of aliphatic carboxylic acids is 1. The van der Waals surface area contributed by atoms with E-state index >= 15 is 0 Å². The Labute approximate surface area is 120 Å². The second-order valence-corrected chi connectivity index (χ2v) is 5.50. The van der Waals surface area contributed by atoms with Crippen LogP contribution in [0.25, 0.3) is 0 Å². The molecule has 0 aromatic carbocycles. The summed E-state index contributed by atoms with van der Waals surface area (Å²) in [5, 5.41) is 12.0. The van der Waals surface area contributed by atoms with E-state index in [0.29, 0.717) is 32.0 Å². The molecule has 0 spiro atoms. The molecule has 1 aliphatic heterocycles. The van der Waals surface area contributed by atoms with Crippen molar-refractivity contribution in [3.8, 4) is 0 Å². The molecule has 1 aliphatic rings. The number of urea groups is 1. The minimum absolute atomic E-state index is 0.124. The van der Waals surface area contributed by atoms with Crippen LogP contribution in [0.5, 0.6) is 0 Å². The van der Waals surface area contributed by atoms with Gasteiger partial charge in [-0.05, 0) is 32.6 Å². The number of ether oxygens (including phenoxy) is 1. The molecule has 6 nitrogen and oxygen atoms in total. The van der Waals surface area contributed by atoms with Crippen LogP contribution in [0.4, 0.5) is 4.79 Å². The average Bonchev–Trinajstić information content (AvgIpc) is 2.42. The Morgan fingerprint density at radius 3 is 2.70 bits per heavy atom. The summed E-state index contributed by atoms with van der Waals surface area (Å²) in [6.07, 6.45) is 2.50. The van der Waals surface area contributed by atoms with E-state index in [4.69, 9.17) is 4.74 Å². The first-order chi connectivity index (χ1) is 9.45. The highest BCUT2D eigenvalue weighted by Gasteiger charge is 2.35. The predicted octanol–water partition coefficient (Wildman–Crippen LogP) is 1.70. The fourth-order valence-corrected chi connectivity index (χ4v) is 2.44. The smallest absolute Gasteiger partial charge is 0.326 e. The van der Waals surface area contributed by atoms with Gasteiger partial charge in [0.15, 0.2) is 0 Å². The zero-order valence-electron chi connectivity index (χ0n) is 12.6. The lowest BCUT2D eigenvalue weighted by Crippen LogP contribution is -2.53.